The van der Waals surface area contributed by atoms with Gasteiger partial charge in [-0.3, -0.25) is 0 Å². The molecule has 1 N–H and O–H groups in total. The minimum Gasteiger partial charge on any atom is -0.491 e. The third kappa shape index (κ3) is 8.53. The molecule has 0 heterocycles. The van der Waals surface area contributed by atoms with Gasteiger partial charge in [-0.2, -0.15) is 0 Å². The molecule has 0 fully saturated rings. The van der Waals surface area contributed by atoms with Gasteiger partial charge in [0.15, 0.2) is 0 Å². The molecule has 1 rings (SSSR count). The van der Waals surface area contributed by atoms with E-state index < -0.39 is 18.1 Å². The molecule has 0 aromatic heterocycles. The first-order chi connectivity index (χ1) is 10.5. The molecule has 1 aromatic carbocycles. The number of alkyl carbamates (subject to hydrolysis) is 1. The van der Waals surface area contributed by atoms with Crippen molar-refractivity contribution >= 4 is 22.0 Å². The lowest BCUT2D eigenvalue weighted by Crippen LogP contribution is -2.34. The normalized spacial score (nSPS) is 11.8. The van der Waals surface area contributed by atoms with Crippen LogP contribution in [0.5, 0.6) is 11.5 Å². The number of hydrogen-bond acceptors (Lipinski definition) is 4. The van der Waals surface area contributed by atoms with Crippen LogP contribution in [-0.4, -0.2) is 31.2 Å². The maximum atomic E-state index is 12.1. The van der Waals surface area contributed by atoms with E-state index in [1.54, 1.807) is 20.8 Å². The molecule has 9 heteroatoms. The average Bonchev–Trinajstić information content (AvgIpc) is 2.32. The van der Waals surface area contributed by atoms with Gasteiger partial charge in [0.1, 0.15) is 23.7 Å². The van der Waals surface area contributed by atoms with E-state index in [-0.39, 0.29) is 18.9 Å². The topological polar surface area (TPSA) is 56.8 Å². The Morgan fingerprint density at radius 1 is 1.26 bits per heavy atom. The van der Waals surface area contributed by atoms with Gasteiger partial charge in [0.25, 0.3) is 0 Å². The van der Waals surface area contributed by atoms with E-state index in [0.717, 1.165) is 12.1 Å². The fourth-order valence-corrected chi connectivity index (χ4v) is 1.90. The number of alkyl halides is 3. The van der Waals surface area contributed by atoms with Crippen molar-refractivity contribution in [1.29, 1.82) is 0 Å². The standard InChI is InChI=1S/C14H17BrF3NO4/c1-13(2,3)23-12(20)19-6-7-21-11-5-4-9(8-10(11)15)22-14(16,17)18/h4-5,8H,6-7H2,1-3H3,(H,19,20). The van der Waals surface area contributed by atoms with Gasteiger partial charge in [0.2, 0.25) is 0 Å². The van der Waals surface area contributed by atoms with Gasteiger partial charge < -0.3 is 19.5 Å². The van der Waals surface area contributed by atoms with Crippen molar-refractivity contribution in [3.05, 3.63) is 22.7 Å². The van der Waals surface area contributed by atoms with Crippen LogP contribution < -0.4 is 14.8 Å². The van der Waals surface area contributed by atoms with Crippen LogP contribution in [0, 0.1) is 0 Å². The van der Waals surface area contributed by atoms with Gasteiger partial charge in [0.05, 0.1) is 11.0 Å². The van der Waals surface area contributed by atoms with Crippen LogP contribution in [0.1, 0.15) is 20.8 Å². The van der Waals surface area contributed by atoms with Crippen LogP contribution in [0.2, 0.25) is 0 Å². The van der Waals surface area contributed by atoms with E-state index in [1.165, 1.54) is 6.07 Å². The molecular weight excluding hydrogens is 383 g/mol. The zero-order chi connectivity index (χ0) is 17.7. The maximum absolute atomic E-state index is 12.1. The van der Waals surface area contributed by atoms with Crippen LogP contribution in [0.4, 0.5) is 18.0 Å². The van der Waals surface area contributed by atoms with E-state index in [1.807, 2.05) is 0 Å². The summed E-state index contributed by atoms with van der Waals surface area (Å²) >= 11 is 3.09. The zero-order valence-corrected chi connectivity index (χ0v) is 14.4. The Morgan fingerprint density at radius 3 is 2.43 bits per heavy atom. The molecule has 1 aromatic rings. The van der Waals surface area contributed by atoms with E-state index >= 15 is 0 Å². The number of rotatable bonds is 5. The van der Waals surface area contributed by atoms with Crippen LogP contribution >= 0.6 is 15.9 Å². The van der Waals surface area contributed by atoms with Crippen LogP contribution in [0.15, 0.2) is 22.7 Å². The number of hydrogen-bond donors (Lipinski definition) is 1. The molecule has 130 valence electrons. The average molecular weight is 400 g/mol. The molecule has 0 aliphatic heterocycles. The van der Waals surface area contributed by atoms with E-state index in [9.17, 15) is 18.0 Å². The molecule has 5 nitrogen and oxygen atoms in total. The summed E-state index contributed by atoms with van der Waals surface area (Å²) in [6, 6.07) is 3.61. The Bertz CT molecular complexity index is 544. The van der Waals surface area contributed by atoms with Crippen molar-refractivity contribution in [2.24, 2.45) is 0 Å². The molecule has 0 unspecified atom stereocenters. The molecular formula is C14H17BrF3NO4. The first-order valence-corrected chi connectivity index (χ1v) is 7.40. The van der Waals surface area contributed by atoms with Crippen molar-refractivity contribution in [1.82, 2.24) is 5.32 Å². The molecule has 0 spiro atoms. The van der Waals surface area contributed by atoms with E-state index in [0.29, 0.717) is 10.2 Å². The second-order valence-corrected chi connectivity index (χ2v) is 6.27. The summed E-state index contributed by atoms with van der Waals surface area (Å²) in [7, 11) is 0. The summed E-state index contributed by atoms with van der Waals surface area (Å²) in [6.07, 6.45) is -5.33. The third-order valence-electron chi connectivity index (χ3n) is 2.16. The van der Waals surface area contributed by atoms with Crippen molar-refractivity contribution in [3.8, 4) is 11.5 Å². The molecule has 1 amide bonds. The van der Waals surface area contributed by atoms with Crippen molar-refractivity contribution < 1.29 is 32.2 Å². The predicted molar refractivity (Wildman–Crippen MR) is 80.6 cm³/mol. The predicted octanol–water partition coefficient (Wildman–Crippen LogP) is 4.25. The van der Waals surface area contributed by atoms with Gasteiger partial charge in [-0.15, -0.1) is 13.2 Å². The number of benzene rings is 1. The number of halogens is 4. The highest BCUT2D eigenvalue weighted by Crippen LogP contribution is 2.31. The third-order valence-corrected chi connectivity index (χ3v) is 2.78. The second-order valence-electron chi connectivity index (χ2n) is 5.42. The highest BCUT2D eigenvalue weighted by molar-refractivity contribution is 9.10. The highest BCUT2D eigenvalue weighted by atomic mass is 79.9. The minimum atomic E-state index is -4.75. The Morgan fingerprint density at radius 2 is 1.91 bits per heavy atom. The lowest BCUT2D eigenvalue weighted by atomic mass is 10.2. The SMILES string of the molecule is CC(C)(C)OC(=O)NCCOc1ccc(OC(F)(F)F)cc1Br. The van der Waals surface area contributed by atoms with Crippen LogP contribution in [0.3, 0.4) is 0 Å². The van der Waals surface area contributed by atoms with Gasteiger partial charge in [-0.25, -0.2) is 4.79 Å². The van der Waals surface area contributed by atoms with E-state index in [4.69, 9.17) is 9.47 Å². The summed E-state index contributed by atoms with van der Waals surface area (Å²) in [4.78, 5) is 11.4. The quantitative estimate of drug-likeness (QED) is 0.751. The lowest BCUT2D eigenvalue weighted by molar-refractivity contribution is -0.274. The number of carbonyl (C=O) groups excluding carboxylic acids is 1. The Hall–Kier alpha value is -1.64. The fourth-order valence-electron chi connectivity index (χ4n) is 1.42. The van der Waals surface area contributed by atoms with Gasteiger partial charge in [-0.1, -0.05) is 0 Å². The molecule has 0 aliphatic carbocycles. The van der Waals surface area contributed by atoms with Crippen molar-refractivity contribution in [2.75, 3.05) is 13.2 Å². The van der Waals surface area contributed by atoms with Gasteiger partial charge in [0, 0.05) is 0 Å². The number of nitrogens with one attached hydrogen (secondary N) is 1. The largest absolute Gasteiger partial charge is 0.573 e. The number of ether oxygens (including phenoxy) is 3. The van der Waals surface area contributed by atoms with Gasteiger partial charge in [-0.05, 0) is 54.9 Å². The second kappa shape index (κ2) is 7.76. The van der Waals surface area contributed by atoms with Crippen molar-refractivity contribution in [3.63, 3.8) is 0 Å². The summed E-state index contributed by atoms with van der Waals surface area (Å²) < 4.78 is 50.8. The van der Waals surface area contributed by atoms with Crippen LogP contribution in [0.25, 0.3) is 0 Å². The minimum absolute atomic E-state index is 0.122. The summed E-state index contributed by atoms with van der Waals surface area (Å²) in [5.41, 5.74) is -0.595. The summed E-state index contributed by atoms with van der Waals surface area (Å²) in [5, 5.41) is 2.50. The Kier molecular flexibility index (Phi) is 6.55. The fraction of sp³-hybridized carbons (Fsp3) is 0.500. The first-order valence-electron chi connectivity index (χ1n) is 6.61. The molecule has 0 aliphatic rings. The monoisotopic (exact) mass is 399 g/mol. The Labute approximate surface area is 140 Å². The highest BCUT2D eigenvalue weighted by Gasteiger charge is 2.31. The molecule has 23 heavy (non-hydrogen) atoms. The van der Waals surface area contributed by atoms with Gasteiger partial charge >= 0.3 is 12.5 Å². The summed E-state index contributed by atoms with van der Waals surface area (Å²) in [6.45, 7) is 5.53. The molecule has 0 bridgehead atoms. The summed E-state index contributed by atoms with van der Waals surface area (Å²) in [5.74, 6) is -0.0332. The molecule has 0 radical (unpaired) electrons. The van der Waals surface area contributed by atoms with E-state index in [2.05, 4.69) is 26.0 Å². The number of amides is 1. The van der Waals surface area contributed by atoms with Crippen molar-refractivity contribution in [2.45, 2.75) is 32.7 Å². The number of carbonyl (C=O) groups is 1. The first kappa shape index (κ1) is 19.4. The lowest BCUT2D eigenvalue weighted by Gasteiger charge is -2.19. The zero-order valence-electron chi connectivity index (χ0n) is 12.8. The molecule has 0 atom stereocenters. The molecule has 0 saturated heterocycles. The Balaban J connectivity index is 2.42. The van der Waals surface area contributed by atoms with Crippen LogP contribution in [-0.2, 0) is 4.74 Å². The maximum Gasteiger partial charge on any atom is 0.573 e. The molecule has 0 saturated carbocycles. The smallest absolute Gasteiger partial charge is 0.491 e.